The summed E-state index contributed by atoms with van der Waals surface area (Å²) in [5, 5.41) is 0. The highest BCUT2D eigenvalue weighted by molar-refractivity contribution is 5.68. The Kier molecular flexibility index (Phi) is 3.89. The Morgan fingerprint density at radius 2 is 2.18 bits per heavy atom. The fourth-order valence-corrected chi connectivity index (χ4v) is 1.88. The molecule has 0 aromatic heterocycles. The lowest BCUT2D eigenvalue weighted by Gasteiger charge is -2.21. The zero-order valence-electron chi connectivity index (χ0n) is 10.8. The van der Waals surface area contributed by atoms with Crippen LogP contribution in [-0.2, 0) is 4.74 Å². The highest BCUT2D eigenvalue weighted by atomic mass is 16.5. The molecular weight excluding hydrogens is 212 g/mol. The third-order valence-electron chi connectivity index (χ3n) is 3.22. The van der Waals surface area contributed by atoms with Gasteiger partial charge in [0, 0.05) is 20.2 Å². The number of rotatable bonds is 6. The summed E-state index contributed by atoms with van der Waals surface area (Å²) < 4.78 is 5.63. The van der Waals surface area contributed by atoms with Crippen LogP contribution in [0.1, 0.15) is 18.4 Å². The molecule has 0 spiro atoms. The van der Waals surface area contributed by atoms with Gasteiger partial charge in [-0.25, -0.2) is 0 Å². The van der Waals surface area contributed by atoms with Crippen molar-refractivity contribution in [3.05, 3.63) is 23.8 Å². The predicted octanol–water partition coefficient (Wildman–Crippen LogP) is 2.44. The van der Waals surface area contributed by atoms with Crippen LogP contribution >= 0.6 is 0 Å². The van der Waals surface area contributed by atoms with E-state index in [2.05, 4.69) is 31.0 Å². The van der Waals surface area contributed by atoms with Crippen LogP contribution in [-0.4, -0.2) is 26.8 Å². The van der Waals surface area contributed by atoms with Crippen LogP contribution in [0.2, 0.25) is 0 Å². The molecule has 0 bridgehead atoms. The number of likely N-dealkylation sites (N-methyl/N-ethyl adjacent to an activating group) is 1. The topological polar surface area (TPSA) is 38.5 Å². The van der Waals surface area contributed by atoms with E-state index < -0.39 is 0 Å². The minimum Gasteiger partial charge on any atom is -0.397 e. The van der Waals surface area contributed by atoms with Gasteiger partial charge < -0.3 is 15.4 Å². The first-order chi connectivity index (χ1) is 8.16. The summed E-state index contributed by atoms with van der Waals surface area (Å²) >= 11 is 0. The molecule has 94 valence electrons. The van der Waals surface area contributed by atoms with Crippen molar-refractivity contribution in [1.29, 1.82) is 0 Å². The van der Waals surface area contributed by atoms with Gasteiger partial charge in [-0.15, -0.1) is 0 Å². The molecule has 0 amide bonds. The zero-order valence-corrected chi connectivity index (χ0v) is 10.8. The Hall–Kier alpha value is -1.22. The Balaban J connectivity index is 1.78. The molecule has 0 radical (unpaired) electrons. The van der Waals surface area contributed by atoms with Gasteiger partial charge in [-0.05, 0) is 43.4 Å². The standard InChI is InChI=1S/C14H22N2O/c1-11-3-6-14(13(15)9-11)16(2)7-8-17-10-12-4-5-12/h3,6,9,12H,4-5,7-8,10,15H2,1-2H3. The van der Waals surface area contributed by atoms with Gasteiger partial charge in [0.05, 0.1) is 18.0 Å². The Morgan fingerprint density at radius 1 is 1.41 bits per heavy atom. The van der Waals surface area contributed by atoms with Gasteiger partial charge in [0.15, 0.2) is 0 Å². The van der Waals surface area contributed by atoms with Crippen LogP contribution in [0.25, 0.3) is 0 Å². The number of anilines is 2. The van der Waals surface area contributed by atoms with Gasteiger partial charge in [0.2, 0.25) is 0 Å². The van der Waals surface area contributed by atoms with Crippen LogP contribution in [0.15, 0.2) is 18.2 Å². The number of hydrogen-bond donors (Lipinski definition) is 1. The van der Waals surface area contributed by atoms with E-state index in [9.17, 15) is 0 Å². The number of nitrogens with zero attached hydrogens (tertiary/aromatic N) is 1. The van der Waals surface area contributed by atoms with Gasteiger partial charge >= 0.3 is 0 Å². The van der Waals surface area contributed by atoms with Crippen LogP contribution in [0, 0.1) is 12.8 Å². The van der Waals surface area contributed by atoms with Gasteiger partial charge in [0.1, 0.15) is 0 Å². The number of aryl methyl sites for hydroxylation is 1. The fourth-order valence-electron chi connectivity index (χ4n) is 1.88. The predicted molar refractivity (Wildman–Crippen MR) is 72.4 cm³/mol. The molecule has 0 saturated heterocycles. The number of nitrogen functional groups attached to an aromatic ring is 1. The van der Waals surface area contributed by atoms with E-state index in [4.69, 9.17) is 10.5 Å². The molecule has 1 saturated carbocycles. The maximum absolute atomic E-state index is 6.00. The summed E-state index contributed by atoms with van der Waals surface area (Å²) in [6, 6.07) is 6.18. The van der Waals surface area contributed by atoms with Crippen LogP contribution < -0.4 is 10.6 Å². The molecule has 1 fully saturated rings. The lowest BCUT2D eigenvalue weighted by Crippen LogP contribution is -2.23. The smallest absolute Gasteiger partial charge is 0.0641 e. The molecule has 17 heavy (non-hydrogen) atoms. The van der Waals surface area contributed by atoms with E-state index in [0.29, 0.717) is 0 Å². The van der Waals surface area contributed by atoms with Crippen molar-refractivity contribution < 1.29 is 4.74 Å². The quantitative estimate of drug-likeness (QED) is 0.607. The van der Waals surface area contributed by atoms with Crippen molar-refractivity contribution in [1.82, 2.24) is 0 Å². The van der Waals surface area contributed by atoms with E-state index in [-0.39, 0.29) is 0 Å². The molecule has 1 aromatic carbocycles. The second-order valence-electron chi connectivity index (χ2n) is 5.00. The van der Waals surface area contributed by atoms with Gasteiger partial charge in [-0.1, -0.05) is 6.07 Å². The molecule has 0 aliphatic heterocycles. The zero-order chi connectivity index (χ0) is 12.3. The maximum Gasteiger partial charge on any atom is 0.0641 e. The number of ether oxygens (including phenoxy) is 1. The maximum atomic E-state index is 6.00. The lowest BCUT2D eigenvalue weighted by atomic mass is 10.2. The fraction of sp³-hybridized carbons (Fsp3) is 0.571. The van der Waals surface area contributed by atoms with Gasteiger partial charge in [0.25, 0.3) is 0 Å². The summed E-state index contributed by atoms with van der Waals surface area (Å²) in [7, 11) is 2.06. The highest BCUT2D eigenvalue weighted by Crippen LogP contribution is 2.28. The first kappa shape index (κ1) is 12.2. The summed E-state index contributed by atoms with van der Waals surface area (Å²) in [6.07, 6.45) is 2.70. The van der Waals surface area contributed by atoms with E-state index in [1.165, 1.54) is 18.4 Å². The van der Waals surface area contributed by atoms with Crippen molar-refractivity contribution in [3.63, 3.8) is 0 Å². The van der Waals surface area contributed by atoms with E-state index in [1.54, 1.807) is 0 Å². The minimum atomic E-state index is 0.778. The first-order valence-corrected chi connectivity index (χ1v) is 6.32. The van der Waals surface area contributed by atoms with Gasteiger partial charge in [-0.2, -0.15) is 0 Å². The molecule has 1 aliphatic carbocycles. The van der Waals surface area contributed by atoms with Crippen LogP contribution in [0.5, 0.6) is 0 Å². The second kappa shape index (κ2) is 5.41. The molecule has 3 heteroatoms. The lowest BCUT2D eigenvalue weighted by molar-refractivity contribution is 0.131. The third kappa shape index (κ3) is 3.63. The van der Waals surface area contributed by atoms with Crippen molar-refractivity contribution in [2.45, 2.75) is 19.8 Å². The van der Waals surface area contributed by atoms with E-state index >= 15 is 0 Å². The normalized spacial score (nSPS) is 14.9. The second-order valence-corrected chi connectivity index (χ2v) is 5.00. The van der Waals surface area contributed by atoms with Crippen molar-refractivity contribution in [2.24, 2.45) is 5.92 Å². The molecule has 1 aliphatic rings. The van der Waals surface area contributed by atoms with Crippen LogP contribution in [0.3, 0.4) is 0 Å². The molecule has 0 atom stereocenters. The highest BCUT2D eigenvalue weighted by Gasteiger charge is 2.20. The summed E-state index contributed by atoms with van der Waals surface area (Å²) in [6.45, 7) is 4.65. The van der Waals surface area contributed by atoms with E-state index in [0.717, 1.165) is 37.1 Å². The monoisotopic (exact) mass is 234 g/mol. The summed E-state index contributed by atoms with van der Waals surface area (Å²) in [5.74, 6) is 0.838. The largest absolute Gasteiger partial charge is 0.397 e. The first-order valence-electron chi connectivity index (χ1n) is 6.32. The number of nitrogens with two attached hydrogens (primary N) is 1. The van der Waals surface area contributed by atoms with Crippen molar-refractivity contribution >= 4 is 11.4 Å². The Labute approximate surface area is 104 Å². The van der Waals surface area contributed by atoms with Crippen molar-refractivity contribution in [2.75, 3.05) is 37.4 Å². The Bertz CT molecular complexity index is 374. The van der Waals surface area contributed by atoms with Crippen molar-refractivity contribution in [3.8, 4) is 0 Å². The average molecular weight is 234 g/mol. The summed E-state index contributed by atoms with van der Waals surface area (Å²) in [5.41, 5.74) is 9.13. The molecule has 0 heterocycles. The third-order valence-corrected chi connectivity index (χ3v) is 3.22. The molecule has 1 aromatic rings. The molecular formula is C14H22N2O. The number of hydrogen-bond acceptors (Lipinski definition) is 3. The molecule has 2 rings (SSSR count). The van der Waals surface area contributed by atoms with E-state index in [1.807, 2.05) is 6.07 Å². The SMILES string of the molecule is Cc1ccc(N(C)CCOCC2CC2)c(N)c1. The minimum absolute atomic E-state index is 0.778. The molecule has 0 unspecified atom stereocenters. The van der Waals surface area contributed by atoms with Crippen LogP contribution in [0.4, 0.5) is 11.4 Å². The molecule has 3 nitrogen and oxygen atoms in total. The average Bonchev–Trinajstić information content (AvgIpc) is 3.08. The number of benzene rings is 1. The summed E-state index contributed by atoms with van der Waals surface area (Å²) in [4.78, 5) is 2.15. The Morgan fingerprint density at radius 3 is 2.82 bits per heavy atom. The molecule has 2 N–H and O–H groups in total. The van der Waals surface area contributed by atoms with Gasteiger partial charge in [-0.3, -0.25) is 0 Å².